The first-order valence-electron chi connectivity index (χ1n) is 5.50. The molecule has 5 heteroatoms. The van der Waals surface area contributed by atoms with Crippen molar-refractivity contribution in [2.45, 2.75) is 6.42 Å². The molecule has 2 nitrogen and oxygen atoms in total. The lowest BCUT2D eigenvalue weighted by Crippen LogP contribution is -2.09. The lowest BCUT2D eigenvalue weighted by molar-refractivity contribution is 0.0991. The fourth-order valence-corrected chi connectivity index (χ4v) is 2.09. The number of hydrogen-bond acceptors (Lipinski definition) is 2. The number of rotatable bonds is 3. The summed E-state index contributed by atoms with van der Waals surface area (Å²) >= 11 is 3.22. The average molecular weight is 326 g/mol. The molecule has 0 aliphatic heterocycles. The minimum Gasteiger partial charge on any atom is -0.398 e. The fraction of sp³-hybridized carbons (Fsp3) is 0.0714. The largest absolute Gasteiger partial charge is 0.398 e. The molecule has 0 atom stereocenters. The molecule has 0 amide bonds. The molecule has 0 fully saturated rings. The third-order valence-electron chi connectivity index (χ3n) is 2.71. The molecule has 2 aromatic carbocycles. The summed E-state index contributed by atoms with van der Waals surface area (Å²) in [6, 6.07) is 8.29. The van der Waals surface area contributed by atoms with E-state index in [0.29, 0.717) is 4.47 Å². The molecule has 2 rings (SSSR count). The van der Waals surface area contributed by atoms with E-state index in [9.17, 15) is 13.6 Å². The first kappa shape index (κ1) is 13.7. The zero-order chi connectivity index (χ0) is 14.0. The third-order valence-corrected chi connectivity index (χ3v) is 3.21. The Morgan fingerprint density at radius 3 is 2.42 bits per heavy atom. The van der Waals surface area contributed by atoms with Crippen molar-refractivity contribution in [3.8, 4) is 0 Å². The summed E-state index contributed by atoms with van der Waals surface area (Å²) in [7, 11) is 0. The Bertz CT molecular complexity index is 623. The van der Waals surface area contributed by atoms with Gasteiger partial charge in [-0.05, 0) is 30.3 Å². The Morgan fingerprint density at radius 1 is 1.16 bits per heavy atom. The number of ketones is 1. The highest BCUT2D eigenvalue weighted by Gasteiger charge is 2.16. The zero-order valence-electron chi connectivity index (χ0n) is 9.79. The molecule has 0 heterocycles. The summed E-state index contributed by atoms with van der Waals surface area (Å²) in [6.07, 6.45) is -0.362. The standard InChI is InChI=1S/C14H10BrF2NO/c15-8-4-5-13(18)10(6-8)14(19)7-9-11(16)2-1-3-12(9)17/h1-6H,7,18H2. The Labute approximate surface area is 117 Å². The van der Waals surface area contributed by atoms with Crippen LogP contribution in [0.2, 0.25) is 0 Å². The first-order valence-corrected chi connectivity index (χ1v) is 6.29. The van der Waals surface area contributed by atoms with E-state index in [-0.39, 0.29) is 23.2 Å². The Hall–Kier alpha value is -1.75. The third kappa shape index (κ3) is 2.98. The highest BCUT2D eigenvalue weighted by atomic mass is 79.9. The number of hydrogen-bond donors (Lipinski definition) is 1. The number of benzene rings is 2. The number of Topliss-reactive ketones (excluding diaryl/α,β-unsaturated/α-hetero) is 1. The Balaban J connectivity index is 2.34. The first-order chi connectivity index (χ1) is 8.99. The molecule has 0 aromatic heterocycles. The number of nitrogen functional groups attached to an aromatic ring is 1. The van der Waals surface area contributed by atoms with Gasteiger partial charge in [0.15, 0.2) is 5.78 Å². The maximum atomic E-state index is 13.5. The maximum Gasteiger partial charge on any atom is 0.169 e. The predicted molar refractivity (Wildman–Crippen MR) is 72.9 cm³/mol. The van der Waals surface area contributed by atoms with Crippen LogP contribution in [0.1, 0.15) is 15.9 Å². The van der Waals surface area contributed by atoms with Crippen molar-refractivity contribution in [3.05, 3.63) is 63.6 Å². The molecule has 0 bridgehead atoms. The van der Waals surface area contributed by atoms with Crippen LogP contribution in [-0.2, 0) is 6.42 Å². The van der Waals surface area contributed by atoms with Gasteiger partial charge in [-0.2, -0.15) is 0 Å². The minimum absolute atomic E-state index is 0.244. The summed E-state index contributed by atoms with van der Waals surface area (Å²) in [5, 5.41) is 0. The van der Waals surface area contributed by atoms with Gasteiger partial charge in [0.25, 0.3) is 0 Å². The summed E-state index contributed by atoms with van der Waals surface area (Å²) in [4.78, 5) is 12.1. The molecule has 0 spiro atoms. The van der Waals surface area contributed by atoms with Gasteiger partial charge in [0, 0.05) is 27.7 Å². The van der Waals surface area contributed by atoms with Gasteiger partial charge in [0.2, 0.25) is 0 Å². The van der Waals surface area contributed by atoms with Gasteiger partial charge in [-0.1, -0.05) is 22.0 Å². The van der Waals surface area contributed by atoms with Crippen LogP contribution in [0.15, 0.2) is 40.9 Å². The maximum absolute atomic E-state index is 13.5. The molecule has 2 aromatic rings. The van der Waals surface area contributed by atoms with Crippen molar-refractivity contribution in [1.29, 1.82) is 0 Å². The summed E-state index contributed by atoms with van der Waals surface area (Å²) in [5.41, 5.74) is 5.98. The Morgan fingerprint density at radius 2 is 1.79 bits per heavy atom. The van der Waals surface area contributed by atoms with Crippen molar-refractivity contribution in [2.24, 2.45) is 0 Å². The van der Waals surface area contributed by atoms with Crippen molar-refractivity contribution in [3.63, 3.8) is 0 Å². The molecule has 19 heavy (non-hydrogen) atoms. The molecule has 2 N–H and O–H groups in total. The second kappa shape index (κ2) is 5.48. The van der Waals surface area contributed by atoms with Crippen LogP contribution in [0.5, 0.6) is 0 Å². The van der Waals surface area contributed by atoms with Crippen molar-refractivity contribution in [2.75, 3.05) is 5.73 Å². The topological polar surface area (TPSA) is 43.1 Å². The SMILES string of the molecule is Nc1ccc(Br)cc1C(=O)Cc1c(F)cccc1F. The van der Waals surface area contributed by atoms with Crippen LogP contribution in [0.25, 0.3) is 0 Å². The van der Waals surface area contributed by atoms with Gasteiger partial charge in [-0.3, -0.25) is 4.79 Å². The van der Waals surface area contributed by atoms with Crippen LogP contribution < -0.4 is 5.73 Å². The van der Waals surface area contributed by atoms with Gasteiger partial charge < -0.3 is 5.73 Å². The van der Waals surface area contributed by atoms with Crippen LogP contribution in [0, 0.1) is 11.6 Å². The smallest absolute Gasteiger partial charge is 0.169 e. The van der Waals surface area contributed by atoms with Gasteiger partial charge in [-0.15, -0.1) is 0 Å². The van der Waals surface area contributed by atoms with Gasteiger partial charge in [-0.25, -0.2) is 8.78 Å². The monoisotopic (exact) mass is 325 g/mol. The summed E-state index contributed by atoms with van der Waals surface area (Å²) in [5.74, 6) is -1.90. The molecule has 98 valence electrons. The van der Waals surface area contributed by atoms with E-state index in [2.05, 4.69) is 15.9 Å². The van der Waals surface area contributed by atoms with Crippen molar-refractivity contribution in [1.82, 2.24) is 0 Å². The number of carbonyl (C=O) groups excluding carboxylic acids is 1. The van der Waals surface area contributed by atoms with Crippen LogP contribution in [-0.4, -0.2) is 5.78 Å². The summed E-state index contributed by atoms with van der Waals surface area (Å²) in [6.45, 7) is 0. The molecular formula is C14H10BrF2NO. The van der Waals surface area contributed by atoms with E-state index < -0.39 is 17.4 Å². The van der Waals surface area contributed by atoms with Crippen molar-refractivity contribution >= 4 is 27.4 Å². The number of halogens is 3. The second-order valence-corrected chi connectivity index (χ2v) is 4.95. The predicted octanol–water partition coefficient (Wildman–Crippen LogP) is 3.73. The number of carbonyl (C=O) groups is 1. The highest BCUT2D eigenvalue weighted by Crippen LogP contribution is 2.21. The van der Waals surface area contributed by atoms with E-state index >= 15 is 0 Å². The zero-order valence-corrected chi connectivity index (χ0v) is 11.4. The van der Waals surface area contributed by atoms with Crippen LogP contribution >= 0.6 is 15.9 Å². The number of nitrogens with two attached hydrogens (primary N) is 1. The van der Waals surface area contributed by atoms with Gasteiger partial charge >= 0.3 is 0 Å². The molecule has 0 radical (unpaired) electrons. The lowest BCUT2D eigenvalue weighted by atomic mass is 10.0. The molecule has 0 saturated carbocycles. The van der Waals surface area contributed by atoms with E-state index in [0.717, 1.165) is 12.1 Å². The van der Waals surface area contributed by atoms with Crippen LogP contribution in [0.4, 0.5) is 14.5 Å². The van der Waals surface area contributed by atoms with Gasteiger partial charge in [0.1, 0.15) is 11.6 Å². The number of anilines is 1. The molecule has 0 unspecified atom stereocenters. The minimum atomic E-state index is -0.734. The van der Waals surface area contributed by atoms with Gasteiger partial charge in [0.05, 0.1) is 0 Å². The molecule has 0 aliphatic carbocycles. The van der Waals surface area contributed by atoms with Crippen molar-refractivity contribution < 1.29 is 13.6 Å². The quantitative estimate of drug-likeness (QED) is 0.690. The van der Waals surface area contributed by atoms with E-state index in [1.807, 2.05) is 0 Å². The highest BCUT2D eigenvalue weighted by molar-refractivity contribution is 9.10. The Kier molecular flexibility index (Phi) is 3.95. The normalized spacial score (nSPS) is 10.5. The van der Waals surface area contributed by atoms with E-state index in [4.69, 9.17) is 5.73 Å². The molecular weight excluding hydrogens is 316 g/mol. The lowest BCUT2D eigenvalue weighted by Gasteiger charge is -2.07. The second-order valence-electron chi connectivity index (χ2n) is 4.03. The van der Waals surface area contributed by atoms with Crippen LogP contribution in [0.3, 0.4) is 0 Å². The average Bonchev–Trinajstić information content (AvgIpc) is 2.37. The fourth-order valence-electron chi connectivity index (χ4n) is 1.73. The molecule has 0 saturated heterocycles. The molecule has 0 aliphatic rings. The summed E-state index contributed by atoms with van der Waals surface area (Å²) < 4.78 is 27.6. The van der Waals surface area contributed by atoms with E-state index in [1.165, 1.54) is 12.1 Å². The van der Waals surface area contributed by atoms with E-state index in [1.54, 1.807) is 12.1 Å².